The Hall–Kier alpha value is -1.35. The summed E-state index contributed by atoms with van der Waals surface area (Å²) in [6.07, 6.45) is 0. The predicted octanol–water partition coefficient (Wildman–Crippen LogP) is 3.93. The second kappa shape index (κ2) is 4.66. The molecule has 2 nitrogen and oxygen atoms in total. The van der Waals surface area contributed by atoms with Gasteiger partial charge in [-0.1, -0.05) is 0 Å². The molecule has 3 heteroatoms. The Morgan fingerprint density at radius 1 is 1.31 bits per heavy atom. The van der Waals surface area contributed by atoms with Crippen LogP contribution >= 0.6 is 11.3 Å². The van der Waals surface area contributed by atoms with Gasteiger partial charge in [-0.2, -0.15) is 11.3 Å². The van der Waals surface area contributed by atoms with E-state index in [-0.39, 0.29) is 0 Å². The van der Waals surface area contributed by atoms with Crippen LogP contribution in [0.4, 0.5) is 5.82 Å². The van der Waals surface area contributed by atoms with Gasteiger partial charge in [-0.15, -0.1) is 0 Å². The molecular weight excluding hydrogens is 216 g/mol. The van der Waals surface area contributed by atoms with Gasteiger partial charge in [0, 0.05) is 5.69 Å². The van der Waals surface area contributed by atoms with Gasteiger partial charge in [-0.3, -0.25) is 0 Å². The average molecular weight is 232 g/mol. The Bertz CT molecular complexity index is 443. The maximum Gasteiger partial charge on any atom is 0.126 e. The summed E-state index contributed by atoms with van der Waals surface area (Å²) in [4.78, 5) is 4.48. The first-order chi connectivity index (χ1) is 7.65. The van der Waals surface area contributed by atoms with E-state index >= 15 is 0 Å². The van der Waals surface area contributed by atoms with Crippen LogP contribution in [-0.4, -0.2) is 4.98 Å². The van der Waals surface area contributed by atoms with Gasteiger partial charge in [0.15, 0.2) is 0 Å². The molecule has 2 aromatic rings. The number of anilines is 1. The van der Waals surface area contributed by atoms with Crippen LogP contribution in [0.2, 0.25) is 0 Å². The topological polar surface area (TPSA) is 24.9 Å². The Morgan fingerprint density at radius 3 is 2.75 bits per heavy atom. The fourth-order valence-corrected chi connectivity index (χ4v) is 2.50. The van der Waals surface area contributed by atoms with E-state index in [1.165, 1.54) is 11.1 Å². The van der Waals surface area contributed by atoms with Crippen LogP contribution in [0.1, 0.15) is 29.8 Å². The van der Waals surface area contributed by atoms with Gasteiger partial charge in [-0.25, -0.2) is 4.98 Å². The third kappa shape index (κ3) is 2.61. The highest BCUT2D eigenvalue weighted by molar-refractivity contribution is 7.07. The van der Waals surface area contributed by atoms with Crippen molar-refractivity contribution in [3.63, 3.8) is 0 Å². The molecule has 84 valence electrons. The Labute approximate surface area is 100 Å². The summed E-state index contributed by atoms with van der Waals surface area (Å²) in [5, 5.41) is 7.69. The third-order valence-electron chi connectivity index (χ3n) is 2.51. The highest BCUT2D eigenvalue weighted by Crippen LogP contribution is 2.20. The number of aromatic nitrogens is 1. The molecule has 0 saturated heterocycles. The molecule has 0 aliphatic heterocycles. The van der Waals surface area contributed by atoms with Gasteiger partial charge in [0.25, 0.3) is 0 Å². The molecule has 0 amide bonds. The molecule has 16 heavy (non-hydrogen) atoms. The van der Waals surface area contributed by atoms with Crippen molar-refractivity contribution in [1.82, 2.24) is 4.98 Å². The van der Waals surface area contributed by atoms with Crippen molar-refractivity contribution < 1.29 is 0 Å². The van der Waals surface area contributed by atoms with Crippen molar-refractivity contribution in [2.75, 3.05) is 5.32 Å². The van der Waals surface area contributed by atoms with E-state index in [9.17, 15) is 0 Å². The molecule has 0 spiro atoms. The zero-order valence-corrected chi connectivity index (χ0v) is 10.6. The highest BCUT2D eigenvalue weighted by atomic mass is 32.1. The number of thiophene rings is 1. The minimum Gasteiger partial charge on any atom is -0.364 e. The maximum absolute atomic E-state index is 4.48. The van der Waals surface area contributed by atoms with Crippen LogP contribution in [0.5, 0.6) is 0 Å². The summed E-state index contributed by atoms with van der Waals surface area (Å²) < 4.78 is 0. The van der Waals surface area contributed by atoms with E-state index < -0.39 is 0 Å². The minimum atomic E-state index is 0.306. The molecule has 0 bridgehead atoms. The van der Waals surface area contributed by atoms with E-state index in [1.54, 1.807) is 11.3 Å². The number of rotatable bonds is 3. The largest absolute Gasteiger partial charge is 0.364 e. The van der Waals surface area contributed by atoms with Gasteiger partial charge in [0.2, 0.25) is 0 Å². The summed E-state index contributed by atoms with van der Waals surface area (Å²) in [6.45, 7) is 6.27. The Kier molecular flexibility index (Phi) is 3.25. The van der Waals surface area contributed by atoms with Crippen LogP contribution in [-0.2, 0) is 0 Å². The summed E-state index contributed by atoms with van der Waals surface area (Å²) in [6, 6.07) is 6.61. The number of aryl methyl sites for hydroxylation is 2. The average Bonchev–Trinajstić information content (AvgIpc) is 2.68. The van der Waals surface area contributed by atoms with Gasteiger partial charge in [0.1, 0.15) is 5.82 Å². The van der Waals surface area contributed by atoms with Gasteiger partial charge in [0.05, 0.1) is 6.04 Å². The lowest BCUT2D eigenvalue weighted by atomic mass is 10.2. The molecule has 0 saturated carbocycles. The summed E-state index contributed by atoms with van der Waals surface area (Å²) in [5.74, 6) is 0.955. The minimum absolute atomic E-state index is 0.306. The quantitative estimate of drug-likeness (QED) is 0.867. The molecular formula is C13H16N2S. The Morgan fingerprint density at radius 2 is 2.12 bits per heavy atom. The molecule has 2 heterocycles. The standard InChI is InChI=1S/C13H16N2S/c1-9-6-10(2)14-13(7-9)15-11(3)12-4-5-16-8-12/h4-8,11H,1-3H3,(H,14,15). The van der Waals surface area contributed by atoms with Crippen molar-refractivity contribution in [2.45, 2.75) is 26.8 Å². The molecule has 0 aliphatic rings. The first-order valence-corrected chi connectivity index (χ1v) is 6.33. The molecule has 2 rings (SSSR count). The van der Waals surface area contributed by atoms with Crippen LogP contribution < -0.4 is 5.32 Å². The van der Waals surface area contributed by atoms with E-state index in [0.717, 1.165) is 11.5 Å². The molecule has 0 aliphatic carbocycles. The zero-order valence-electron chi connectivity index (χ0n) is 9.82. The van der Waals surface area contributed by atoms with Gasteiger partial charge >= 0.3 is 0 Å². The van der Waals surface area contributed by atoms with E-state index in [2.05, 4.69) is 53.1 Å². The molecule has 0 radical (unpaired) electrons. The second-order valence-corrected chi connectivity index (χ2v) is 4.87. The molecule has 1 atom stereocenters. The summed E-state index contributed by atoms with van der Waals surface area (Å²) >= 11 is 1.72. The maximum atomic E-state index is 4.48. The second-order valence-electron chi connectivity index (χ2n) is 4.09. The Balaban J connectivity index is 2.15. The molecule has 0 fully saturated rings. The smallest absolute Gasteiger partial charge is 0.126 e. The number of nitrogens with one attached hydrogen (secondary N) is 1. The van der Waals surface area contributed by atoms with Crippen LogP contribution in [0.3, 0.4) is 0 Å². The lowest BCUT2D eigenvalue weighted by molar-refractivity contribution is 0.877. The van der Waals surface area contributed by atoms with Crippen molar-refractivity contribution >= 4 is 17.2 Å². The highest BCUT2D eigenvalue weighted by Gasteiger charge is 2.06. The number of hydrogen-bond acceptors (Lipinski definition) is 3. The summed E-state index contributed by atoms with van der Waals surface area (Å²) in [7, 11) is 0. The summed E-state index contributed by atoms with van der Waals surface area (Å²) in [5.41, 5.74) is 3.61. The van der Waals surface area contributed by atoms with E-state index in [4.69, 9.17) is 0 Å². The van der Waals surface area contributed by atoms with Crippen LogP contribution in [0.25, 0.3) is 0 Å². The van der Waals surface area contributed by atoms with Gasteiger partial charge < -0.3 is 5.32 Å². The molecule has 1 N–H and O–H groups in total. The normalized spacial score (nSPS) is 12.4. The molecule has 2 aromatic heterocycles. The SMILES string of the molecule is Cc1cc(C)nc(NC(C)c2ccsc2)c1. The fraction of sp³-hybridized carbons (Fsp3) is 0.308. The lowest BCUT2D eigenvalue weighted by Crippen LogP contribution is -2.07. The first-order valence-electron chi connectivity index (χ1n) is 5.39. The first kappa shape index (κ1) is 11.1. The van der Waals surface area contributed by atoms with Crippen molar-refractivity contribution in [3.05, 3.63) is 45.8 Å². The van der Waals surface area contributed by atoms with Crippen molar-refractivity contribution in [1.29, 1.82) is 0 Å². The monoisotopic (exact) mass is 232 g/mol. The fourth-order valence-electron chi connectivity index (χ4n) is 1.74. The van der Waals surface area contributed by atoms with Crippen molar-refractivity contribution in [3.8, 4) is 0 Å². The molecule has 0 aromatic carbocycles. The van der Waals surface area contributed by atoms with E-state index in [0.29, 0.717) is 6.04 Å². The third-order valence-corrected chi connectivity index (χ3v) is 3.21. The predicted molar refractivity (Wildman–Crippen MR) is 70.1 cm³/mol. The van der Waals surface area contributed by atoms with E-state index in [1.807, 2.05) is 6.92 Å². The van der Waals surface area contributed by atoms with Crippen LogP contribution in [0.15, 0.2) is 29.0 Å². The molecule has 1 unspecified atom stereocenters. The number of pyridine rings is 1. The van der Waals surface area contributed by atoms with Crippen molar-refractivity contribution in [2.24, 2.45) is 0 Å². The number of nitrogens with zero attached hydrogens (tertiary/aromatic N) is 1. The zero-order chi connectivity index (χ0) is 11.5. The van der Waals surface area contributed by atoms with Crippen LogP contribution in [0, 0.1) is 13.8 Å². The number of hydrogen-bond donors (Lipinski definition) is 1. The lowest BCUT2D eigenvalue weighted by Gasteiger charge is -2.14. The van der Waals surface area contributed by atoms with Gasteiger partial charge in [-0.05, 0) is 60.9 Å².